The number of carbonyl (C=O) groups excluding carboxylic acids is 1. The van der Waals surface area contributed by atoms with E-state index in [2.05, 4.69) is 32.5 Å². The summed E-state index contributed by atoms with van der Waals surface area (Å²) in [7, 11) is 2.14. The third-order valence-corrected chi connectivity index (χ3v) is 5.10. The predicted octanol–water partition coefficient (Wildman–Crippen LogP) is 2.55. The molecule has 2 aliphatic heterocycles. The van der Waals surface area contributed by atoms with Gasteiger partial charge in [0, 0.05) is 37.4 Å². The highest BCUT2D eigenvalue weighted by atomic mass is 35.5. The molecule has 2 aromatic rings. The van der Waals surface area contributed by atoms with E-state index < -0.39 is 6.04 Å². The van der Waals surface area contributed by atoms with E-state index in [0.29, 0.717) is 0 Å². The molecule has 1 aromatic carbocycles. The smallest absolute Gasteiger partial charge is 0.247 e. The van der Waals surface area contributed by atoms with Gasteiger partial charge in [-0.1, -0.05) is 0 Å². The zero-order valence-corrected chi connectivity index (χ0v) is 17.4. The summed E-state index contributed by atoms with van der Waals surface area (Å²) >= 11 is 0. The van der Waals surface area contributed by atoms with E-state index in [1.165, 1.54) is 0 Å². The molecule has 9 heteroatoms. The van der Waals surface area contributed by atoms with Crippen molar-refractivity contribution < 1.29 is 9.53 Å². The number of aromatic amines is 1. The van der Waals surface area contributed by atoms with Crippen molar-refractivity contribution in [3.05, 3.63) is 42.0 Å². The van der Waals surface area contributed by atoms with Crippen LogP contribution in [0.2, 0.25) is 0 Å². The van der Waals surface area contributed by atoms with Crippen LogP contribution < -0.4 is 15.4 Å². The zero-order chi connectivity index (χ0) is 17.9. The summed E-state index contributed by atoms with van der Waals surface area (Å²) in [6.45, 7) is 2.90. The number of hydrogen-bond donors (Lipinski definition) is 3. The van der Waals surface area contributed by atoms with Gasteiger partial charge in [0.2, 0.25) is 5.91 Å². The molecule has 1 fully saturated rings. The maximum atomic E-state index is 12.6. The Bertz CT molecular complexity index is 760. The number of amides is 1. The molecule has 1 saturated heterocycles. The van der Waals surface area contributed by atoms with Crippen molar-refractivity contribution in [2.75, 3.05) is 32.0 Å². The van der Waals surface area contributed by atoms with Crippen molar-refractivity contribution in [2.45, 2.75) is 31.4 Å². The van der Waals surface area contributed by atoms with Gasteiger partial charge in [-0.15, -0.1) is 24.8 Å². The lowest BCUT2D eigenvalue weighted by Gasteiger charge is -2.29. The number of H-pyrrole nitrogens is 1. The molecule has 0 radical (unpaired) electrons. The molecule has 0 aliphatic carbocycles. The van der Waals surface area contributed by atoms with E-state index in [9.17, 15) is 4.79 Å². The lowest BCUT2D eigenvalue weighted by Crippen LogP contribution is -2.38. The maximum Gasteiger partial charge on any atom is 0.247 e. The Kier molecular flexibility index (Phi) is 8.12. The van der Waals surface area contributed by atoms with E-state index >= 15 is 0 Å². The number of ether oxygens (including phenoxy) is 1. The second-order valence-electron chi connectivity index (χ2n) is 7.04. The van der Waals surface area contributed by atoms with Gasteiger partial charge in [0.05, 0.1) is 12.0 Å². The zero-order valence-electron chi connectivity index (χ0n) is 15.8. The Labute approximate surface area is 177 Å². The van der Waals surface area contributed by atoms with Crippen molar-refractivity contribution >= 4 is 36.4 Å². The quantitative estimate of drug-likeness (QED) is 0.698. The molecule has 3 heterocycles. The third-order valence-electron chi connectivity index (χ3n) is 5.10. The van der Waals surface area contributed by atoms with Gasteiger partial charge in [0.25, 0.3) is 0 Å². The van der Waals surface area contributed by atoms with Crippen LogP contribution in [-0.4, -0.2) is 53.6 Å². The number of nitrogens with zero attached hydrogens (tertiary/aromatic N) is 2. The highest BCUT2D eigenvalue weighted by molar-refractivity contribution is 5.95. The Balaban J connectivity index is 0.00000140. The van der Waals surface area contributed by atoms with E-state index in [1.807, 2.05) is 24.3 Å². The van der Waals surface area contributed by atoms with Gasteiger partial charge in [-0.2, -0.15) is 0 Å². The topological polar surface area (TPSA) is 82.3 Å². The third kappa shape index (κ3) is 5.17. The van der Waals surface area contributed by atoms with Crippen LogP contribution in [0.3, 0.4) is 0 Å². The van der Waals surface area contributed by atoms with E-state index in [1.54, 1.807) is 6.33 Å². The SMILES string of the molecule is CN1CCC(Oc2ccc(NC(=O)C3NCCc4[nH]cnc43)cc2)CC1.Cl.Cl. The lowest BCUT2D eigenvalue weighted by atomic mass is 10.0. The molecule has 1 atom stereocenters. The largest absolute Gasteiger partial charge is 0.490 e. The van der Waals surface area contributed by atoms with Crippen LogP contribution in [0, 0.1) is 0 Å². The summed E-state index contributed by atoms with van der Waals surface area (Å²) in [6.07, 6.45) is 4.88. The van der Waals surface area contributed by atoms with Gasteiger partial charge in [-0.3, -0.25) is 4.79 Å². The number of likely N-dealkylation sites (tertiary alicyclic amines) is 1. The Morgan fingerprint density at radius 1 is 1.21 bits per heavy atom. The summed E-state index contributed by atoms with van der Waals surface area (Å²) in [5.74, 6) is 0.755. The first kappa shape index (κ1) is 22.5. The first-order valence-corrected chi connectivity index (χ1v) is 9.21. The maximum absolute atomic E-state index is 12.6. The van der Waals surface area contributed by atoms with Crippen molar-refractivity contribution in [1.29, 1.82) is 0 Å². The highest BCUT2D eigenvalue weighted by Crippen LogP contribution is 2.23. The Hall–Kier alpha value is -1.80. The minimum Gasteiger partial charge on any atom is -0.490 e. The van der Waals surface area contributed by atoms with E-state index in [0.717, 1.165) is 61.7 Å². The predicted molar refractivity (Wildman–Crippen MR) is 114 cm³/mol. The lowest BCUT2D eigenvalue weighted by molar-refractivity contribution is -0.118. The minimum atomic E-state index is -0.417. The molecule has 7 nitrogen and oxygen atoms in total. The van der Waals surface area contributed by atoms with Crippen molar-refractivity contribution in [3.8, 4) is 5.75 Å². The molecule has 0 spiro atoms. The molecular weight excluding hydrogens is 401 g/mol. The number of benzene rings is 1. The highest BCUT2D eigenvalue weighted by Gasteiger charge is 2.28. The number of hydrogen-bond acceptors (Lipinski definition) is 5. The number of rotatable bonds is 4. The molecule has 154 valence electrons. The fourth-order valence-corrected chi connectivity index (χ4v) is 3.56. The fraction of sp³-hybridized carbons (Fsp3) is 0.474. The van der Waals surface area contributed by atoms with Crippen molar-refractivity contribution in [3.63, 3.8) is 0 Å². The van der Waals surface area contributed by atoms with Crippen LogP contribution >= 0.6 is 24.8 Å². The van der Waals surface area contributed by atoms with E-state index in [-0.39, 0.29) is 36.8 Å². The van der Waals surface area contributed by atoms with Crippen LogP contribution in [0.4, 0.5) is 5.69 Å². The number of nitrogens with one attached hydrogen (secondary N) is 3. The van der Waals surface area contributed by atoms with Crippen LogP contribution in [0.25, 0.3) is 0 Å². The monoisotopic (exact) mass is 427 g/mol. The number of carbonyl (C=O) groups is 1. The van der Waals surface area contributed by atoms with E-state index in [4.69, 9.17) is 4.74 Å². The van der Waals surface area contributed by atoms with Gasteiger partial charge in [-0.25, -0.2) is 4.98 Å². The second kappa shape index (κ2) is 10.1. The summed E-state index contributed by atoms with van der Waals surface area (Å²) in [5, 5.41) is 6.19. The Morgan fingerprint density at radius 3 is 2.64 bits per heavy atom. The van der Waals surface area contributed by atoms with Crippen molar-refractivity contribution in [2.24, 2.45) is 0 Å². The summed E-state index contributed by atoms with van der Waals surface area (Å²) in [6, 6.07) is 7.19. The molecule has 1 amide bonds. The number of piperidine rings is 1. The molecule has 1 unspecified atom stereocenters. The molecular formula is C19H27Cl2N5O2. The van der Waals surface area contributed by atoms with Crippen molar-refractivity contribution in [1.82, 2.24) is 20.2 Å². The summed E-state index contributed by atoms with van der Waals surface area (Å²) in [5.41, 5.74) is 2.58. The van der Waals surface area contributed by atoms with Crippen LogP contribution in [0.5, 0.6) is 5.75 Å². The van der Waals surface area contributed by atoms with Gasteiger partial charge in [0.15, 0.2) is 0 Å². The number of imidazole rings is 1. The first-order valence-electron chi connectivity index (χ1n) is 9.21. The average molecular weight is 428 g/mol. The number of fused-ring (bicyclic) bond motifs is 1. The molecule has 1 aromatic heterocycles. The number of halogens is 2. The minimum absolute atomic E-state index is 0. The number of aromatic nitrogens is 2. The van der Waals surface area contributed by atoms with Gasteiger partial charge in [-0.05, 0) is 44.2 Å². The van der Waals surface area contributed by atoms with Gasteiger partial charge < -0.3 is 25.3 Å². The van der Waals surface area contributed by atoms with Gasteiger partial charge in [0.1, 0.15) is 17.9 Å². The normalized spacial score (nSPS) is 19.7. The van der Waals surface area contributed by atoms with Crippen LogP contribution in [0.15, 0.2) is 30.6 Å². The standard InChI is InChI=1S/C19H25N5O2.2ClH/c1-24-10-7-15(8-11-24)26-14-4-2-13(3-5-14)23-19(25)18-17-16(6-9-20-18)21-12-22-17;;/h2-5,12,15,18,20H,6-11H2,1H3,(H,21,22)(H,23,25);2*1H. The fourth-order valence-electron chi connectivity index (χ4n) is 3.56. The molecule has 28 heavy (non-hydrogen) atoms. The summed E-state index contributed by atoms with van der Waals surface area (Å²) in [4.78, 5) is 22.3. The first-order chi connectivity index (χ1) is 12.7. The second-order valence-corrected chi connectivity index (χ2v) is 7.04. The molecule has 2 aliphatic rings. The van der Waals surface area contributed by atoms with Gasteiger partial charge >= 0.3 is 0 Å². The number of anilines is 1. The molecule has 0 bridgehead atoms. The molecule has 3 N–H and O–H groups in total. The Morgan fingerprint density at radius 2 is 1.93 bits per heavy atom. The van der Waals surface area contributed by atoms with Crippen LogP contribution in [0.1, 0.15) is 30.3 Å². The average Bonchev–Trinajstić information content (AvgIpc) is 3.14. The summed E-state index contributed by atoms with van der Waals surface area (Å²) < 4.78 is 6.05. The molecule has 0 saturated carbocycles. The molecule has 4 rings (SSSR count). The van der Waals surface area contributed by atoms with Crippen LogP contribution in [-0.2, 0) is 11.2 Å².